The van der Waals surface area contributed by atoms with Gasteiger partial charge in [0, 0.05) is 13.1 Å². The van der Waals surface area contributed by atoms with Crippen LogP contribution in [0.1, 0.15) is 24.5 Å². The van der Waals surface area contributed by atoms with Crippen LogP contribution in [0.25, 0.3) is 0 Å². The minimum atomic E-state index is -0.107. The maximum atomic E-state index is 11.5. The van der Waals surface area contributed by atoms with Crippen molar-refractivity contribution in [1.82, 2.24) is 4.90 Å². The van der Waals surface area contributed by atoms with Gasteiger partial charge in [-0.05, 0) is 32.4 Å². The minimum Gasteiger partial charge on any atom is -0.469 e. The first-order valence-electron chi connectivity index (χ1n) is 6.88. The Morgan fingerprint density at radius 2 is 2.16 bits per heavy atom. The van der Waals surface area contributed by atoms with Gasteiger partial charge in [-0.2, -0.15) is 0 Å². The fourth-order valence-corrected chi connectivity index (χ4v) is 2.19. The van der Waals surface area contributed by atoms with Crippen molar-refractivity contribution < 1.29 is 9.53 Å². The van der Waals surface area contributed by atoms with Crippen molar-refractivity contribution in [3.8, 4) is 0 Å². The van der Waals surface area contributed by atoms with Crippen molar-refractivity contribution >= 4 is 5.97 Å². The number of hydrogen-bond acceptors (Lipinski definition) is 3. The molecule has 0 aliphatic carbocycles. The van der Waals surface area contributed by atoms with Crippen LogP contribution in [0.4, 0.5) is 0 Å². The van der Waals surface area contributed by atoms with E-state index in [-0.39, 0.29) is 11.9 Å². The number of benzene rings is 1. The smallest absolute Gasteiger partial charge is 0.309 e. The van der Waals surface area contributed by atoms with E-state index in [9.17, 15) is 4.79 Å². The molecule has 0 fully saturated rings. The number of methoxy groups -OCH3 is 1. The average molecular weight is 263 g/mol. The van der Waals surface area contributed by atoms with Crippen LogP contribution in [0.15, 0.2) is 24.3 Å². The summed E-state index contributed by atoms with van der Waals surface area (Å²) < 4.78 is 4.82. The van der Waals surface area contributed by atoms with Gasteiger partial charge in [0.25, 0.3) is 0 Å². The van der Waals surface area contributed by atoms with Crippen molar-refractivity contribution in [2.75, 3.05) is 27.2 Å². The minimum absolute atomic E-state index is 0.0208. The lowest BCUT2D eigenvalue weighted by Gasteiger charge is -2.21. The number of likely N-dealkylation sites (N-methyl/N-ethyl adjacent to an activating group) is 1. The molecule has 0 aliphatic rings. The number of carbonyl (C=O) groups excluding carboxylic acids is 1. The van der Waals surface area contributed by atoms with Gasteiger partial charge < -0.3 is 9.64 Å². The molecule has 0 heterocycles. The first kappa shape index (κ1) is 15.7. The van der Waals surface area contributed by atoms with E-state index in [1.54, 1.807) is 0 Å². The number of aryl methyl sites for hydroxylation is 1. The van der Waals surface area contributed by atoms with Gasteiger partial charge in [-0.15, -0.1) is 0 Å². The molecular formula is C16H25NO2. The second kappa shape index (κ2) is 7.95. The molecule has 1 unspecified atom stereocenters. The van der Waals surface area contributed by atoms with Crippen molar-refractivity contribution in [1.29, 1.82) is 0 Å². The van der Waals surface area contributed by atoms with E-state index >= 15 is 0 Å². The van der Waals surface area contributed by atoms with E-state index in [0.717, 1.165) is 25.9 Å². The van der Waals surface area contributed by atoms with Gasteiger partial charge in [0.1, 0.15) is 0 Å². The van der Waals surface area contributed by atoms with E-state index in [4.69, 9.17) is 4.74 Å². The molecule has 1 rings (SSSR count). The summed E-state index contributed by atoms with van der Waals surface area (Å²) in [5, 5.41) is 0. The van der Waals surface area contributed by atoms with Crippen LogP contribution in [0.2, 0.25) is 0 Å². The molecule has 1 aromatic rings. The molecule has 0 saturated carbocycles. The molecule has 0 aromatic heterocycles. The summed E-state index contributed by atoms with van der Waals surface area (Å²) >= 11 is 0. The second-order valence-corrected chi connectivity index (χ2v) is 5.13. The Kier molecular flexibility index (Phi) is 6.57. The predicted molar refractivity (Wildman–Crippen MR) is 78.2 cm³/mol. The Morgan fingerprint density at radius 3 is 2.74 bits per heavy atom. The monoisotopic (exact) mass is 263 g/mol. The first-order valence-corrected chi connectivity index (χ1v) is 6.88. The van der Waals surface area contributed by atoms with Crippen LogP contribution < -0.4 is 0 Å². The zero-order valence-corrected chi connectivity index (χ0v) is 12.5. The van der Waals surface area contributed by atoms with Gasteiger partial charge in [-0.25, -0.2) is 0 Å². The van der Waals surface area contributed by atoms with E-state index in [2.05, 4.69) is 43.1 Å². The average Bonchev–Trinajstić information content (AvgIpc) is 2.41. The van der Waals surface area contributed by atoms with Gasteiger partial charge in [-0.1, -0.05) is 36.8 Å². The number of hydrogen-bond donors (Lipinski definition) is 0. The summed E-state index contributed by atoms with van der Waals surface area (Å²) in [5.41, 5.74) is 2.64. The normalized spacial score (nSPS) is 12.5. The van der Waals surface area contributed by atoms with Crippen molar-refractivity contribution in [3.05, 3.63) is 35.4 Å². The van der Waals surface area contributed by atoms with E-state index in [1.807, 2.05) is 6.92 Å². The Balaban J connectivity index is 2.42. The van der Waals surface area contributed by atoms with E-state index in [0.29, 0.717) is 0 Å². The molecule has 1 atom stereocenters. The standard InChI is InChI=1S/C16H25NO2/c1-5-15(16(18)19-4)12-17(3)10-9-14-8-6-7-13(2)11-14/h6-8,11,15H,5,9-10,12H2,1-4H3. The zero-order valence-electron chi connectivity index (χ0n) is 12.5. The third kappa shape index (κ3) is 5.43. The Bertz CT molecular complexity index is 403. The third-order valence-corrected chi connectivity index (χ3v) is 3.42. The Labute approximate surface area is 116 Å². The van der Waals surface area contributed by atoms with Gasteiger partial charge in [0.05, 0.1) is 13.0 Å². The topological polar surface area (TPSA) is 29.5 Å². The largest absolute Gasteiger partial charge is 0.469 e. The SMILES string of the molecule is CCC(CN(C)CCc1cccc(C)c1)C(=O)OC. The van der Waals surface area contributed by atoms with Gasteiger partial charge in [0.15, 0.2) is 0 Å². The van der Waals surface area contributed by atoms with Crippen LogP contribution in [-0.4, -0.2) is 38.1 Å². The lowest BCUT2D eigenvalue weighted by Crippen LogP contribution is -2.32. The molecule has 0 spiro atoms. The molecule has 0 amide bonds. The van der Waals surface area contributed by atoms with Gasteiger partial charge in [0.2, 0.25) is 0 Å². The lowest BCUT2D eigenvalue weighted by atomic mass is 10.1. The molecule has 1 aromatic carbocycles. The van der Waals surface area contributed by atoms with Crippen LogP contribution in [0.5, 0.6) is 0 Å². The van der Waals surface area contributed by atoms with Crippen molar-refractivity contribution in [2.24, 2.45) is 5.92 Å². The van der Waals surface area contributed by atoms with E-state index < -0.39 is 0 Å². The molecule has 0 radical (unpaired) electrons. The summed E-state index contributed by atoms with van der Waals surface area (Å²) in [6.07, 6.45) is 1.83. The number of rotatable bonds is 7. The third-order valence-electron chi connectivity index (χ3n) is 3.42. The predicted octanol–water partition coefficient (Wildman–Crippen LogP) is 2.67. The molecule has 0 bridgehead atoms. The van der Waals surface area contributed by atoms with Crippen LogP contribution >= 0.6 is 0 Å². The Morgan fingerprint density at radius 1 is 1.42 bits per heavy atom. The highest BCUT2D eigenvalue weighted by molar-refractivity contribution is 5.72. The van der Waals surface area contributed by atoms with E-state index in [1.165, 1.54) is 18.2 Å². The number of ether oxygens (including phenoxy) is 1. The summed E-state index contributed by atoms with van der Waals surface area (Å²) in [4.78, 5) is 13.8. The molecule has 0 saturated heterocycles. The number of esters is 1. The molecular weight excluding hydrogens is 238 g/mol. The zero-order chi connectivity index (χ0) is 14.3. The quantitative estimate of drug-likeness (QED) is 0.708. The maximum Gasteiger partial charge on any atom is 0.309 e. The Hall–Kier alpha value is -1.35. The highest BCUT2D eigenvalue weighted by Crippen LogP contribution is 2.09. The number of nitrogens with zero attached hydrogens (tertiary/aromatic N) is 1. The molecule has 0 N–H and O–H groups in total. The lowest BCUT2D eigenvalue weighted by molar-refractivity contribution is -0.146. The van der Waals surface area contributed by atoms with Crippen molar-refractivity contribution in [3.63, 3.8) is 0 Å². The fourth-order valence-electron chi connectivity index (χ4n) is 2.19. The molecule has 3 nitrogen and oxygen atoms in total. The molecule has 3 heteroatoms. The maximum absolute atomic E-state index is 11.5. The molecule has 19 heavy (non-hydrogen) atoms. The summed E-state index contributed by atoms with van der Waals surface area (Å²) in [5.74, 6) is -0.127. The first-order chi connectivity index (χ1) is 9.06. The molecule has 106 valence electrons. The van der Waals surface area contributed by atoms with Crippen LogP contribution in [0.3, 0.4) is 0 Å². The van der Waals surface area contributed by atoms with Gasteiger partial charge >= 0.3 is 5.97 Å². The second-order valence-electron chi connectivity index (χ2n) is 5.13. The molecule has 0 aliphatic heterocycles. The highest BCUT2D eigenvalue weighted by Gasteiger charge is 2.18. The summed E-state index contributed by atoms with van der Waals surface area (Å²) in [6, 6.07) is 8.56. The van der Waals surface area contributed by atoms with Crippen LogP contribution in [0, 0.1) is 12.8 Å². The van der Waals surface area contributed by atoms with Gasteiger partial charge in [-0.3, -0.25) is 4.79 Å². The van der Waals surface area contributed by atoms with Crippen molar-refractivity contribution in [2.45, 2.75) is 26.7 Å². The fraction of sp³-hybridized carbons (Fsp3) is 0.562. The highest BCUT2D eigenvalue weighted by atomic mass is 16.5. The summed E-state index contributed by atoms with van der Waals surface area (Å²) in [6.45, 7) is 5.85. The van der Waals surface area contributed by atoms with Crippen LogP contribution in [-0.2, 0) is 16.0 Å². The number of carbonyl (C=O) groups is 1. The summed E-state index contributed by atoms with van der Waals surface area (Å²) in [7, 11) is 3.51.